The van der Waals surface area contributed by atoms with Crippen LogP contribution in [0.5, 0.6) is 5.75 Å². The first-order valence-corrected chi connectivity index (χ1v) is 9.15. The van der Waals surface area contributed by atoms with Gasteiger partial charge < -0.3 is 10.1 Å². The highest BCUT2D eigenvalue weighted by molar-refractivity contribution is 5.94. The molecule has 3 aromatic rings. The van der Waals surface area contributed by atoms with E-state index >= 15 is 0 Å². The van der Waals surface area contributed by atoms with Crippen molar-refractivity contribution in [3.63, 3.8) is 0 Å². The van der Waals surface area contributed by atoms with E-state index in [0.29, 0.717) is 25.3 Å². The van der Waals surface area contributed by atoms with Gasteiger partial charge >= 0.3 is 0 Å². The number of ether oxygens (including phenoxy) is 1. The second-order valence-corrected chi connectivity index (χ2v) is 6.51. The van der Waals surface area contributed by atoms with E-state index < -0.39 is 0 Å². The number of benzene rings is 2. The van der Waals surface area contributed by atoms with E-state index in [1.165, 1.54) is 0 Å². The fraction of sp³-hybridized carbons (Fsp3) is 0.273. The van der Waals surface area contributed by atoms with Crippen molar-refractivity contribution in [2.75, 3.05) is 6.61 Å². The molecule has 3 rings (SSSR count). The summed E-state index contributed by atoms with van der Waals surface area (Å²) in [5, 5.41) is 7.43. The minimum atomic E-state index is -0.0982. The maximum atomic E-state index is 12.4. The molecule has 0 fully saturated rings. The van der Waals surface area contributed by atoms with Gasteiger partial charge in [-0.15, -0.1) is 0 Å². The number of amides is 1. The van der Waals surface area contributed by atoms with Gasteiger partial charge in [-0.2, -0.15) is 5.10 Å². The Bertz CT molecular complexity index is 914. The summed E-state index contributed by atoms with van der Waals surface area (Å²) in [6.45, 7) is 7.71. The molecule has 27 heavy (non-hydrogen) atoms. The summed E-state index contributed by atoms with van der Waals surface area (Å²) >= 11 is 0. The highest BCUT2D eigenvalue weighted by Crippen LogP contribution is 2.18. The zero-order valence-corrected chi connectivity index (χ0v) is 16.0. The minimum Gasteiger partial charge on any atom is -0.494 e. The molecule has 0 aliphatic rings. The van der Waals surface area contributed by atoms with Crippen LogP contribution in [0.15, 0.2) is 54.6 Å². The van der Waals surface area contributed by atoms with Crippen LogP contribution < -0.4 is 10.1 Å². The van der Waals surface area contributed by atoms with Gasteiger partial charge in [0.2, 0.25) is 0 Å². The lowest BCUT2D eigenvalue weighted by Gasteiger charge is -2.11. The number of nitrogens with one attached hydrogen (secondary N) is 1. The lowest BCUT2D eigenvalue weighted by molar-refractivity contribution is 0.0950. The predicted molar refractivity (Wildman–Crippen MR) is 106 cm³/mol. The molecular weight excluding hydrogens is 338 g/mol. The number of aromatic nitrogens is 2. The summed E-state index contributed by atoms with van der Waals surface area (Å²) in [7, 11) is 0. The van der Waals surface area contributed by atoms with Crippen LogP contribution in [0.25, 0.3) is 0 Å². The average molecular weight is 363 g/mol. The lowest BCUT2D eigenvalue weighted by atomic mass is 10.1. The van der Waals surface area contributed by atoms with E-state index in [0.717, 1.165) is 28.3 Å². The highest BCUT2D eigenvalue weighted by atomic mass is 16.5. The first-order chi connectivity index (χ1) is 13.1. The summed E-state index contributed by atoms with van der Waals surface area (Å²) in [5.74, 6) is 0.708. The van der Waals surface area contributed by atoms with Crippen LogP contribution in [-0.4, -0.2) is 22.3 Å². The lowest BCUT2D eigenvalue weighted by Crippen LogP contribution is -2.23. The molecule has 1 aromatic heterocycles. The van der Waals surface area contributed by atoms with E-state index in [9.17, 15) is 4.79 Å². The van der Waals surface area contributed by atoms with Gasteiger partial charge in [0.05, 0.1) is 18.8 Å². The zero-order valence-electron chi connectivity index (χ0n) is 16.0. The highest BCUT2D eigenvalue weighted by Gasteiger charge is 2.08. The van der Waals surface area contributed by atoms with Crippen LogP contribution in [0.2, 0.25) is 0 Å². The van der Waals surface area contributed by atoms with Gasteiger partial charge in [-0.25, -0.2) is 0 Å². The van der Waals surface area contributed by atoms with Crippen LogP contribution in [0, 0.1) is 13.8 Å². The largest absolute Gasteiger partial charge is 0.494 e. The predicted octanol–water partition coefficient (Wildman–Crippen LogP) is 3.88. The summed E-state index contributed by atoms with van der Waals surface area (Å²) in [4.78, 5) is 12.4. The van der Waals surface area contributed by atoms with Gasteiger partial charge in [-0.3, -0.25) is 9.48 Å². The topological polar surface area (TPSA) is 56.1 Å². The average Bonchev–Trinajstić information content (AvgIpc) is 2.98. The van der Waals surface area contributed by atoms with E-state index in [2.05, 4.69) is 16.5 Å². The molecule has 0 bridgehead atoms. The Kier molecular flexibility index (Phi) is 5.91. The number of carbonyl (C=O) groups is 1. The fourth-order valence-corrected chi connectivity index (χ4v) is 2.99. The fourth-order valence-electron chi connectivity index (χ4n) is 2.99. The molecule has 0 atom stereocenters. The van der Waals surface area contributed by atoms with Crippen molar-refractivity contribution in [3.05, 3.63) is 82.7 Å². The molecule has 0 radical (unpaired) electrons. The molecule has 5 heteroatoms. The Hall–Kier alpha value is -3.08. The van der Waals surface area contributed by atoms with Gasteiger partial charge in [0.25, 0.3) is 5.91 Å². The molecule has 1 heterocycles. The van der Waals surface area contributed by atoms with Crippen LogP contribution in [0.3, 0.4) is 0 Å². The summed E-state index contributed by atoms with van der Waals surface area (Å²) < 4.78 is 7.57. The first-order valence-electron chi connectivity index (χ1n) is 9.15. The number of hydrogen-bond acceptors (Lipinski definition) is 3. The Morgan fingerprint density at radius 3 is 2.52 bits per heavy atom. The third-order valence-electron chi connectivity index (χ3n) is 4.36. The standard InChI is InChI=1S/C22H25N3O2/c1-4-27-21-8-6-5-7-20(21)14-23-22(26)19-11-9-18(10-12-19)15-25-17(3)13-16(2)24-25/h5-13H,4,14-15H2,1-3H3,(H,23,26). The quantitative estimate of drug-likeness (QED) is 0.693. The molecule has 1 amide bonds. The molecule has 0 spiro atoms. The van der Waals surface area contributed by atoms with Gasteiger partial charge in [0.1, 0.15) is 5.75 Å². The smallest absolute Gasteiger partial charge is 0.251 e. The van der Waals surface area contributed by atoms with E-state index in [1.807, 2.05) is 74.0 Å². The van der Waals surface area contributed by atoms with Crippen LogP contribution in [-0.2, 0) is 13.1 Å². The van der Waals surface area contributed by atoms with E-state index in [1.54, 1.807) is 0 Å². The molecule has 0 saturated heterocycles. The molecule has 0 aliphatic carbocycles. The van der Waals surface area contributed by atoms with Gasteiger partial charge in [0, 0.05) is 23.4 Å². The molecular formula is C22H25N3O2. The van der Waals surface area contributed by atoms with E-state index in [4.69, 9.17) is 4.74 Å². The Labute approximate surface area is 160 Å². The number of carbonyl (C=O) groups excluding carboxylic acids is 1. The van der Waals surface area contributed by atoms with Crippen LogP contribution in [0.4, 0.5) is 0 Å². The molecule has 0 unspecified atom stereocenters. The van der Waals surface area contributed by atoms with Crippen molar-refractivity contribution in [1.82, 2.24) is 15.1 Å². The minimum absolute atomic E-state index is 0.0982. The normalized spacial score (nSPS) is 10.6. The maximum absolute atomic E-state index is 12.4. The molecule has 5 nitrogen and oxygen atoms in total. The second kappa shape index (κ2) is 8.54. The SMILES string of the molecule is CCOc1ccccc1CNC(=O)c1ccc(Cn2nc(C)cc2C)cc1. The van der Waals surface area contributed by atoms with Crippen LogP contribution >= 0.6 is 0 Å². The number of nitrogens with zero attached hydrogens (tertiary/aromatic N) is 2. The third kappa shape index (κ3) is 4.76. The Morgan fingerprint density at radius 2 is 1.85 bits per heavy atom. The van der Waals surface area contributed by atoms with E-state index in [-0.39, 0.29) is 5.91 Å². The summed E-state index contributed by atoms with van der Waals surface area (Å²) in [6, 6.07) is 17.5. The third-order valence-corrected chi connectivity index (χ3v) is 4.36. The molecule has 140 valence electrons. The van der Waals surface area contributed by atoms with Gasteiger partial charge in [0.15, 0.2) is 0 Å². The number of hydrogen-bond donors (Lipinski definition) is 1. The van der Waals surface area contributed by atoms with Gasteiger partial charge in [-0.05, 0) is 50.6 Å². The van der Waals surface area contributed by atoms with Crippen LogP contribution in [0.1, 0.15) is 39.8 Å². The second-order valence-electron chi connectivity index (χ2n) is 6.51. The van der Waals surface area contributed by atoms with Crippen molar-refractivity contribution in [3.8, 4) is 5.75 Å². The maximum Gasteiger partial charge on any atom is 0.251 e. The van der Waals surface area contributed by atoms with Crippen molar-refractivity contribution in [2.24, 2.45) is 0 Å². The molecule has 2 aromatic carbocycles. The molecule has 1 N–H and O–H groups in total. The number of aryl methyl sites for hydroxylation is 2. The first kappa shape index (κ1) is 18.7. The number of para-hydroxylation sites is 1. The zero-order chi connectivity index (χ0) is 19.2. The van der Waals surface area contributed by atoms with Crippen molar-refractivity contribution < 1.29 is 9.53 Å². The molecule has 0 saturated carbocycles. The number of rotatable bonds is 7. The monoisotopic (exact) mass is 363 g/mol. The van der Waals surface area contributed by atoms with Crippen molar-refractivity contribution in [1.29, 1.82) is 0 Å². The molecule has 0 aliphatic heterocycles. The Balaban J connectivity index is 1.62. The van der Waals surface area contributed by atoms with Crippen molar-refractivity contribution in [2.45, 2.75) is 33.9 Å². The summed E-state index contributed by atoms with van der Waals surface area (Å²) in [5.41, 5.74) is 4.85. The summed E-state index contributed by atoms with van der Waals surface area (Å²) in [6.07, 6.45) is 0. The van der Waals surface area contributed by atoms with Crippen molar-refractivity contribution >= 4 is 5.91 Å². The van der Waals surface area contributed by atoms with Gasteiger partial charge in [-0.1, -0.05) is 30.3 Å². The Morgan fingerprint density at radius 1 is 1.11 bits per heavy atom.